The zero-order valence-electron chi connectivity index (χ0n) is 23.2. The van der Waals surface area contributed by atoms with Crippen molar-refractivity contribution in [1.29, 1.82) is 0 Å². The molecule has 9 nitrogen and oxygen atoms in total. The summed E-state index contributed by atoms with van der Waals surface area (Å²) in [5.74, 6) is -1.35. The molecule has 0 spiro atoms. The number of hydrogen-bond acceptors (Lipinski definition) is 6. The summed E-state index contributed by atoms with van der Waals surface area (Å²) in [5, 5.41) is 7.86. The lowest BCUT2D eigenvalue weighted by Crippen LogP contribution is -2.42. The molecule has 1 atom stereocenters. The van der Waals surface area contributed by atoms with E-state index in [1.807, 2.05) is 13.0 Å². The number of aromatic nitrogens is 1. The van der Waals surface area contributed by atoms with Gasteiger partial charge in [-0.3, -0.25) is 14.4 Å². The molecule has 0 radical (unpaired) electrons. The van der Waals surface area contributed by atoms with Crippen LogP contribution in [0, 0.1) is 6.92 Å². The van der Waals surface area contributed by atoms with E-state index in [-0.39, 0.29) is 35.9 Å². The highest BCUT2D eigenvalue weighted by Crippen LogP contribution is 2.20. The van der Waals surface area contributed by atoms with Crippen LogP contribution >= 0.6 is 0 Å². The first kappa shape index (κ1) is 31.2. The zero-order chi connectivity index (χ0) is 28.6. The van der Waals surface area contributed by atoms with E-state index in [1.54, 1.807) is 43.3 Å². The van der Waals surface area contributed by atoms with Gasteiger partial charge in [-0.05, 0) is 50.2 Å². The fourth-order valence-electron chi connectivity index (χ4n) is 3.80. The minimum atomic E-state index is -0.639. The van der Waals surface area contributed by atoms with Crippen molar-refractivity contribution < 1.29 is 23.9 Å². The van der Waals surface area contributed by atoms with Gasteiger partial charge in [0.15, 0.2) is 5.76 Å². The van der Waals surface area contributed by atoms with Crippen LogP contribution in [-0.2, 0) is 19.1 Å². The molecular weight excluding hydrogens is 496 g/mol. The summed E-state index contributed by atoms with van der Waals surface area (Å²) in [4.78, 5) is 40.4. The monoisotopic (exact) mass is 536 g/mol. The SMILES string of the molecule is C1CCCCC1.C=C(OC(=C)c1ccc(NC(=O)c2cccc(C)n2)cc1)C(=O)NCC(=O)N[C@@H](C)COC. The number of anilines is 1. The highest BCUT2D eigenvalue weighted by Gasteiger charge is 2.14. The molecule has 1 heterocycles. The number of rotatable bonds is 11. The van der Waals surface area contributed by atoms with Crippen molar-refractivity contribution in [3.05, 3.63) is 78.3 Å². The Morgan fingerprint density at radius 1 is 0.974 bits per heavy atom. The van der Waals surface area contributed by atoms with E-state index in [4.69, 9.17) is 9.47 Å². The average Bonchev–Trinajstić information content (AvgIpc) is 2.93. The number of pyridine rings is 1. The van der Waals surface area contributed by atoms with Crippen molar-refractivity contribution in [1.82, 2.24) is 15.6 Å². The van der Waals surface area contributed by atoms with Crippen molar-refractivity contribution in [3.63, 3.8) is 0 Å². The second-order valence-electron chi connectivity index (χ2n) is 9.37. The van der Waals surface area contributed by atoms with Crippen molar-refractivity contribution in [2.75, 3.05) is 25.6 Å². The smallest absolute Gasteiger partial charge is 0.286 e. The summed E-state index contributed by atoms with van der Waals surface area (Å²) in [6.07, 6.45) is 9.00. The van der Waals surface area contributed by atoms with Crippen LogP contribution in [0.2, 0.25) is 0 Å². The first-order valence-corrected chi connectivity index (χ1v) is 13.2. The van der Waals surface area contributed by atoms with Crippen molar-refractivity contribution >= 4 is 29.2 Å². The summed E-state index contributed by atoms with van der Waals surface area (Å²) < 4.78 is 10.3. The molecule has 1 fully saturated rings. The van der Waals surface area contributed by atoms with Gasteiger partial charge >= 0.3 is 0 Å². The minimum absolute atomic E-state index is 0.181. The molecule has 1 aromatic heterocycles. The summed E-state index contributed by atoms with van der Waals surface area (Å²) in [6.45, 7) is 11.1. The largest absolute Gasteiger partial charge is 0.452 e. The Balaban J connectivity index is 0.000000780. The number of aryl methyl sites for hydroxylation is 1. The van der Waals surface area contributed by atoms with Crippen molar-refractivity contribution in [3.8, 4) is 0 Å². The van der Waals surface area contributed by atoms with E-state index < -0.39 is 5.91 Å². The molecule has 3 amide bonds. The van der Waals surface area contributed by atoms with Gasteiger partial charge in [0.05, 0.1) is 13.2 Å². The molecule has 0 saturated heterocycles. The number of nitrogens with zero attached hydrogens (tertiary/aromatic N) is 1. The normalized spacial score (nSPS) is 13.1. The standard InChI is InChI=1S/C24H28N4O5.C6H12/c1-15-7-6-8-21(26-15)24(31)28-20-11-9-19(10-12-20)17(3)33-18(4)23(30)25-13-22(29)27-16(2)14-32-5;1-2-4-6-5-3-1/h6-12,16H,3-4,13-14H2,1-2,5H3,(H,25,30)(H,27,29)(H,28,31);1-6H2/t16-;/m0./s1. The van der Waals surface area contributed by atoms with E-state index in [9.17, 15) is 14.4 Å². The molecule has 1 aliphatic carbocycles. The van der Waals surface area contributed by atoms with Crippen LogP contribution < -0.4 is 16.0 Å². The van der Waals surface area contributed by atoms with Gasteiger partial charge in [0.1, 0.15) is 11.5 Å². The predicted molar refractivity (Wildman–Crippen MR) is 153 cm³/mol. The third-order valence-corrected chi connectivity index (χ3v) is 5.82. The highest BCUT2D eigenvalue weighted by molar-refractivity contribution is 6.03. The number of carbonyl (C=O) groups excluding carboxylic acids is 3. The van der Waals surface area contributed by atoms with E-state index in [1.165, 1.54) is 45.6 Å². The maximum Gasteiger partial charge on any atom is 0.286 e. The number of ether oxygens (including phenoxy) is 2. The average molecular weight is 537 g/mol. The molecular formula is C30H40N4O5. The number of hydrogen-bond donors (Lipinski definition) is 3. The molecule has 3 rings (SSSR count). The number of amides is 3. The van der Waals surface area contributed by atoms with Crippen LogP contribution in [0.25, 0.3) is 5.76 Å². The second-order valence-corrected chi connectivity index (χ2v) is 9.37. The van der Waals surface area contributed by atoms with E-state index >= 15 is 0 Å². The minimum Gasteiger partial charge on any atom is -0.452 e. The predicted octanol–water partition coefficient (Wildman–Crippen LogP) is 4.75. The van der Waals surface area contributed by atoms with Crippen LogP contribution in [0.5, 0.6) is 0 Å². The topological polar surface area (TPSA) is 119 Å². The van der Waals surface area contributed by atoms with Crippen LogP contribution in [0.1, 0.15) is 67.2 Å². The molecule has 9 heteroatoms. The van der Waals surface area contributed by atoms with Gasteiger partial charge in [0.2, 0.25) is 5.91 Å². The summed E-state index contributed by atoms with van der Waals surface area (Å²) in [7, 11) is 1.53. The van der Waals surface area contributed by atoms with Crippen molar-refractivity contribution in [2.45, 2.75) is 58.4 Å². The Kier molecular flexibility index (Phi) is 13.4. The Labute approximate surface area is 231 Å². The first-order chi connectivity index (χ1) is 18.7. The number of methoxy groups -OCH3 is 1. The summed E-state index contributed by atoms with van der Waals surface area (Å²) in [6, 6.07) is 11.7. The lowest BCUT2D eigenvalue weighted by Gasteiger charge is -2.14. The van der Waals surface area contributed by atoms with Gasteiger partial charge < -0.3 is 25.4 Å². The zero-order valence-corrected chi connectivity index (χ0v) is 23.2. The maximum absolute atomic E-state index is 12.3. The molecule has 39 heavy (non-hydrogen) atoms. The summed E-state index contributed by atoms with van der Waals surface area (Å²) >= 11 is 0. The van der Waals surface area contributed by atoms with E-state index in [0.717, 1.165) is 5.69 Å². The molecule has 1 saturated carbocycles. The van der Waals surface area contributed by atoms with Gasteiger partial charge in [-0.25, -0.2) is 4.98 Å². The fourth-order valence-corrected chi connectivity index (χ4v) is 3.80. The van der Waals surface area contributed by atoms with Gasteiger partial charge in [-0.15, -0.1) is 0 Å². The lowest BCUT2D eigenvalue weighted by atomic mass is 10.0. The van der Waals surface area contributed by atoms with E-state index in [0.29, 0.717) is 23.6 Å². The first-order valence-electron chi connectivity index (χ1n) is 13.2. The molecule has 0 bridgehead atoms. The maximum atomic E-state index is 12.3. The third kappa shape index (κ3) is 12.0. The van der Waals surface area contributed by atoms with E-state index in [2.05, 4.69) is 34.1 Å². The van der Waals surface area contributed by atoms with Crippen LogP contribution in [0.3, 0.4) is 0 Å². The Morgan fingerprint density at radius 2 is 1.59 bits per heavy atom. The second kappa shape index (κ2) is 16.8. The Hall–Kier alpha value is -3.98. The molecule has 0 aliphatic heterocycles. The third-order valence-electron chi connectivity index (χ3n) is 5.82. The Bertz CT molecular complexity index is 1110. The van der Waals surface area contributed by atoms with Crippen molar-refractivity contribution in [2.24, 2.45) is 0 Å². The van der Waals surface area contributed by atoms with Gasteiger partial charge in [-0.1, -0.05) is 57.7 Å². The lowest BCUT2D eigenvalue weighted by molar-refractivity contribution is -0.125. The quantitative estimate of drug-likeness (QED) is 0.282. The molecule has 2 aromatic rings. The number of nitrogens with one attached hydrogen (secondary N) is 3. The Morgan fingerprint density at radius 3 is 2.15 bits per heavy atom. The van der Waals surface area contributed by atoms with Crippen LogP contribution in [0.4, 0.5) is 5.69 Å². The summed E-state index contributed by atoms with van der Waals surface area (Å²) in [5.41, 5.74) is 2.21. The number of benzene rings is 1. The van der Waals surface area contributed by atoms with Gasteiger partial charge in [-0.2, -0.15) is 0 Å². The highest BCUT2D eigenvalue weighted by atomic mass is 16.5. The molecule has 0 unspecified atom stereocenters. The molecule has 1 aliphatic rings. The van der Waals surface area contributed by atoms with Crippen LogP contribution in [0.15, 0.2) is 61.4 Å². The molecule has 210 valence electrons. The fraction of sp³-hybridized carbons (Fsp3) is 0.400. The van der Waals surface area contributed by atoms with Crippen LogP contribution in [-0.4, -0.2) is 49.0 Å². The number of carbonyl (C=O) groups is 3. The molecule has 1 aromatic carbocycles. The molecule has 3 N–H and O–H groups in total. The van der Waals surface area contributed by atoms with Gasteiger partial charge in [0, 0.05) is 30.1 Å². The van der Waals surface area contributed by atoms with Gasteiger partial charge in [0.25, 0.3) is 11.8 Å².